The first kappa shape index (κ1) is 31.9. The van der Waals surface area contributed by atoms with Gasteiger partial charge in [0.15, 0.2) is 5.82 Å². The summed E-state index contributed by atoms with van der Waals surface area (Å²) in [4.78, 5) is 30.1. The summed E-state index contributed by atoms with van der Waals surface area (Å²) in [6.45, 7) is 5.14. The predicted octanol–water partition coefficient (Wildman–Crippen LogP) is 5.82. The lowest BCUT2D eigenvalue weighted by Crippen LogP contribution is -2.43. The first-order valence-corrected chi connectivity index (χ1v) is 16.1. The Labute approximate surface area is 275 Å². The molecule has 0 unspecified atom stereocenters. The van der Waals surface area contributed by atoms with Crippen LogP contribution in [0.15, 0.2) is 30.5 Å². The molecule has 10 nitrogen and oxygen atoms in total. The number of hydrogen-bond acceptors (Lipinski definition) is 10. The first-order chi connectivity index (χ1) is 23.3. The number of pyridine rings is 1. The normalized spacial score (nSPS) is 21.2. The fourth-order valence-corrected chi connectivity index (χ4v) is 7.16. The molecule has 0 aliphatic carbocycles. The van der Waals surface area contributed by atoms with E-state index in [1.165, 1.54) is 30.5 Å². The zero-order chi connectivity index (χ0) is 33.4. The van der Waals surface area contributed by atoms with Gasteiger partial charge in [-0.3, -0.25) is 9.88 Å². The second kappa shape index (κ2) is 13.1. The predicted molar refractivity (Wildman–Crippen MR) is 172 cm³/mol. The average molecular weight is 662 g/mol. The Morgan fingerprint density at radius 1 is 1.17 bits per heavy atom. The highest BCUT2D eigenvalue weighted by Gasteiger charge is 2.49. The fourth-order valence-electron chi connectivity index (χ4n) is 7.16. The quantitative estimate of drug-likeness (QED) is 0.137. The number of aromatic nitrogens is 3. The van der Waals surface area contributed by atoms with Crippen LogP contribution < -0.4 is 14.4 Å². The third-order valence-corrected chi connectivity index (χ3v) is 9.30. The van der Waals surface area contributed by atoms with Gasteiger partial charge in [0.25, 0.3) is 0 Å². The largest absolute Gasteiger partial charge is 0.513 e. The van der Waals surface area contributed by atoms with E-state index in [0.29, 0.717) is 55.9 Å². The van der Waals surface area contributed by atoms with Gasteiger partial charge in [-0.05, 0) is 56.3 Å². The van der Waals surface area contributed by atoms with Crippen LogP contribution in [0.4, 0.5) is 23.8 Å². The molecule has 5 heterocycles. The van der Waals surface area contributed by atoms with Crippen LogP contribution in [0.1, 0.15) is 38.2 Å². The van der Waals surface area contributed by atoms with Gasteiger partial charge < -0.3 is 23.8 Å². The van der Waals surface area contributed by atoms with Gasteiger partial charge >= 0.3 is 12.2 Å². The van der Waals surface area contributed by atoms with Crippen molar-refractivity contribution in [1.29, 1.82) is 0 Å². The number of ether oxygens (including phenoxy) is 4. The number of nitrogens with zero attached hydrogens (tertiary/aromatic N) is 5. The van der Waals surface area contributed by atoms with Crippen LogP contribution in [-0.2, 0) is 9.47 Å². The zero-order valence-electron chi connectivity index (χ0n) is 26.4. The van der Waals surface area contributed by atoms with Gasteiger partial charge in [-0.15, -0.1) is 6.42 Å². The van der Waals surface area contributed by atoms with E-state index >= 15 is 8.78 Å². The Morgan fingerprint density at radius 2 is 2.04 bits per heavy atom. The van der Waals surface area contributed by atoms with Crippen molar-refractivity contribution in [1.82, 2.24) is 19.9 Å². The van der Waals surface area contributed by atoms with Gasteiger partial charge in [0.1, 0.15) is 41.4 Å². The van der Waals surface area contributed by atoms with Crippen LogP contribution in [-0.4, -0.2) is 90.3 Å². The molecule has 250 valence electrons. The number of alkyl halides is 1. The van der Waals surface area contributed by atoms with Gasteiger partial charge in [0.2, 0.25) is 0 Å². The van der Waals surface area contributed by atoms with Gasteiger partial charge in [0, 0.05) is 49.8 Å². The van der Waals surface area contributed by atoms with E-state index in [1.54, 1.807) is 6.92 Å². The molecule has 0 amide bonds. The number of halogens is 3. The van der Waals surface area contributed by atoms with Crippen LogP contribution >= 0.6 is 0 Å². The standard InChI is InChI=1S/C35H34F3N5O5/c1-3-24-27(37)8-7-21-15-23(48-34(44)46-4-2)16-25(28(21)24)30-29(38)31-26(18-39-30)32(42-10-6-13-45-14-12-42)41-33(40-31)47-20-35-9-5-11-43(35)19-22(36)17-35/h1,7-8,15-16,18,22H,4-6,9-14,17,19-20H2,2H3/t22-,35+/m1/s1. The summed E-state index contributed by atoms with van der Waals surface area (Å²) in [6, 6.07) is 5.44. The molecule has 3 aliphatic heterocycles. The monoisotopic (exact) mass is 661 g/mol. The maximum atomic E-state index is 17.0. The summed E-state index contributed by atoms with van der Waals surface area (Å²) < 4.78 is 68.6. The van der Waals surface area contributed by atoms with Crippen LogP contribution in [0.2, 0.25) is 0 Å². The molecule has 7 rings (SSSR count). The highest BCUT2D eigenvalue weighted by Crippen LogP contribution is 2.42. The minimum atomic E-state index is -0.962. The van der Waals surface area contributed by atoms with Crippen LogP contribution in [0.25, 0.3) is 32.9 Å². The maximum Gasteiger partial charge on any atom is 0.513 e. The second-order valence-electron chi connectivity index (χ2n) is 12.3. The van der Waals surface area contributed by atoms with Crippen LogP contribution in [0, 0.1) is 24.0 Å². The molecule has 2 aromatic carbocycles. The number of fused-ring (bicyclic) bond motifs is 3. The fraction of sp³-hybridized carbons (Fsp3) is 0.429. The molecule has 0 N–H and O–H groups in total. The Balaban J connectivity index is 1.38. The number of carbonyl (C=O) groups is 1. The Morgan fingerprint density at radius 3 is 2.88 bits per heavy atom. The third-order valence-electron chi connectivity index (χ3n) is 9.30. The third kappa shape index (κ3) is 5.84. The summed E-state index contributed by atoms with van der Waals surface area (Å²) in [5, 5.41) is 0.933. The maximum absolute atomic E-state index is 17.0. The minimum absolute atomic E-state index is 0.0203. The molecule has 0 radical (unpaired) electrons. The van der Waals surface area contributed by atoms with Gasteiger partial charge in [-0.25, -0.2) is 18.0 Å². The number of rotatable bonds is 7. The number of terminal acetylenes is 1. The summed E-state index contributed by atoms with van der Waals surface area (Å²) in [6.07, 6.45) is 8.08. The van der Waals surface area contributed by atoms with Crippen LogP contribution in [0.5, 0.6) is 11.8 Å². The first-order valence-electron chi connectivity index (χ1n) is 16.1. The Hall–Kier alpha value is -4.67. The molecule has 13 heteroatoms. The van der Waals surface area contributed by atoms with Crippen molar-refractivity contribution >= 4 is 33.6 Å². The number of hydrogen-bond donors (Lipinski definition) is 0. The van der Waals surface area contributed by atoms with Gasteiger partial charge in [-0.2, -0.15) is 9.97 Å². The lowest BCUT2D eigenvalue weighted by atomic mass is 9.95. The summed E-state index contributed by atoms with van der Waals surface area (Å²) in [7, 11) is 0. The van der Waals surface area contributed by atoms with E-state index in [9.17, 15) is 9.18 Å². The molecule has 2 aromatic heterocycles. The van der Waals surface area contributed by atoms with E-state index in [4.69, 9.17) is 30.4 Å². The van der Waals surface area contributed by atoms with Crippen molar-refractivity contribution in [3.8, 4) is 35.4 Å². The van der Waals surface area contributed by atoms with Gasteiger partial charge in [-0.1, -0.05) is 12.0 Å². The van der Waals surface area contributed by atoms with Crippen molar-refractivity contribution < 1.29 is 36.9 Å². The molecule has 0 bridgehead atoms. The van der Waals surface area contributed by atoms with Crippen LogP contribution in [0.3, 0.4) is 0 Å². The molecule has 48 heavy (non-hydrogen) atoms. The molecule has 3 saturated heterocycles. The molecule has 3 fully saturated rings. The molecular formula is C35H34F3N5O5. The number of carbonyl (C=O) groups excluding carboxylic acids is 1. The van der Waals surface area contributed by atoms with Crippen molar-refractivity contribution in [2.45, 2.75) is 44.3 Å². The lowest BCUT2D eigenvalue weighted by molar-refractivity contribution is 0.104. The number of benzene rings is 2. The summed E-state index contributed by atoms with van der Waals surface area (Å²) in [5.74, 6) is 1.29. The van der Waals surface area contributed by atoms with E-state index in [-0.39, 0.29) is 52.7 Å². The molecule has 3 aliphatic rings. The topological polar surface area (TPSA) is 99.1 Å². The smallest absolute Gasteiger partial charge is 0.461 e. The van der Waals surface area contributed by atoms with E-state index in [0.717, 1.165) is 25.8 Å². The lowest BCUT2D eigenvalue weighted by Gasteiger charge is -2.31. The van der Waals surface area contributed by atoms with E-state index in [2.05, 4.69) is 20.8 Å². The highest BCUT2D eigenvalue weighted by atomic mass is 19.1. The Kier molecular flexibility index (Phi) is 8.70. The molecular weight excluding hydrogens is 627 g/mol. The molecule has 4 aromatic rings. The Bertz CT molecular complexity index is 1930. The SMILES string of the molecule is C#Cc1c(F)ccc2cc(OC(=O)OCC)cc(-c3ncc4c(N5CCCOCC5)nc(OC[C@@]56CCCN5C[C@H](F)C6)nc4c3F)c12. The zero-order valence-corrected chi connectivity index (χ0v) is 26.4. The highest BCUT2D eigenvalue weighted by molar-refractivity contribution is 6.03. The van der Waals surface area contributed by atoms with Crippen molar-refractivity contribution in [3.05, 3.63) is 47.7 Å². The van der Waals surface area contributed by atoms with Crippen molar-refractivity contribution in [2.24, 2.45) is 0 Å². The average Bonchev–Trinajstić information content (AvgIpc) is 3.45. The molecule has 0 saturated carbocycles. The summed E-state index contributed by atoms with van der Waals surface area (Å²) in [5.41, 5.74) is -0.763. The molecule has 0 spiro atoms. The number of anilines is 1. The van der Waals surface area contributed by atoms with E-state index < -0.39 is 29.5 Å². The second-order valence-corrected chi connectivity index (χ2v) is 12.3. The van der Waals surface area contributed by atoms with Crippen molar-refractivity contribution in [3.63, 3.8) is 0 Å². The van der Waals surface area contributed by atoms with Gasteiger partial charge in [0.05, 0.1) is 29.7 Å². The molecule has 2 atom stereocenters. The summed E-state index contributed by atoms with van der Waals surface area (Å²) >= 11 is 0. The minimum Gasteiger partial charge on any atom is -0.461 e. The van der Waals surface area contributed by atoms with Crippen molar-refractivity contribution in [2.75, 3.05) is 57.5 Å². The van der Waals surface area contributed by atoms with E-state index in [1.807, 2.05) is 4.90 Å².